The Hall–Kier alpha value is -0.870. The molecule has 0 aromatic rings. The third-order valence-corrected chi connectivity index (χ3v) is 11.1. The third-order valence-electron chi connectivity index (χ3n) is 11.1. The summed E-state index contributed by atoms with van der Waals surface area (Å²) in [6, 6.07) is 0. The van der Waals surface area contributed by atoms with Crippen molar-refractivity contribution in [3.05, 3.63) is 12.2 Å². The van der Waals surface area contributed by atoms with Crippen molar-refractivity contribution in [2.75, 3.05) is 0 Å². The highest BCUT2D eigenvalue weighted by Gasteiger charge is 2.74. The topological polar surface area (TPSA) is 44.8 Å². The Morgan fingerprint density at radius 3 is 2.45 bits per heavy atom. The smallest absolute Gasteiger partial charge is 0.302 e. The Morgan fingerprint density at radius 2 is 1.79 bits per heavy atom. The van der Waals surface area contributed by atoms with Crippen LogP contribution >= 0.6 is 0 Å². The van der Waals surface area contributed by atoms with E-state index in [1.807, 2.05) is 0 Å². The van der Waals surface area contributed by atoms with Crippen LogP contribution < -0.4 is 0 Å². The summed E-state index contributed by atoms with van der Waals surface area (Å²) in [5.74, 6) is 3.17. The molecular formula is C29H46O4. The second-order valence-corrected chi connectivity index (χ2v) is 13.3. The van der Waals surface area contributed by atoms with Crippen LogP contribution in [0.25, 0.3) is 0 Å². The molecule has 4 aliphatic carbocycles. The monoisotopic (exact) mass is 458 g/mol. The van der Waals surface area contributed by atoms with Gasteiger partial charge in [0, 0.05) is 30.6 Å². The fourth-order valence-corrected chi connectivity index (χ4v) is 9.44. The normalized spacial score (nSPS) is 48.8. The van der Waals surface area contributed by atoms with Gasteiger partial charge in [0.05, 0.1) is 0 Å². The first kappa shape index (κ1) is 23.9. The number of hydrogen-bond acceptors (Lipinski definition) is 4. The van der Waals surface area contributed by atoms with E-state index in [9.17, 15) is 4.79 Å². The molecule has 4 nitrogen and oxygen atoms in total. The zero-order chi connectivity index (χ0) is 23.6. The SMILES string of the molecule is CC(=O)O[C@H]1CC[C@]2(C)[C@H]3CC[C@]4(C)[C@@H]([C@H](C)CCCC(C)C)CC[C@H]4[C@@]34C=C[C@@]2(C1)OO4. The van der Waals surface area contributed by atoms with Crippen molar-refractivity contribution < 1.29 is 19.3 Å². The molecule has 2 heterocycles. The van der Waals surface area contributed by atoms with Gasteiger partial charge in [0.15, 0.2) is 0 Å². The number of rotatable bonds is 6. The van der Waals surface area contributed by atoms with Crippen LogP contribution in [0.3, 0.4) is 0 Å². The van der Waals surface area contributed by atoms with Crippen LogP contribution in [-0.4, -0.2) is 23.3 Å². The Balaban J connectivity index is 1.40. The molecule has 9 atom stereocenters. The number of carbonyl (C=O) groups excluding carboxylic acids is 1. The fourth-order valence-electron chi connectivity index (χ4n) is 9.44. The molecule has 6 rings (SSSR count). The van der Waals surface area contributed by atoms with Gasteiger partial charge in [0.1, 0.15) is 17.3 Å². The van der Waals surface area contributed by atoms with Crippen molar-refractivity contribution in [1.82, 2.24) is 0 Å². The summed E-state index contributed by atoms with van der Waals surface area (Å²) in [5, 5.41) is 0. The zero-order valence-corrected chi connectivity index (χ0v) is 21.8. The quantitative estimate of drug-likeness (QED) is 0.244. The van der Waals surface area contributed by atoms with Crippen LogP contribution in [0.1, 0.15) is 106 Å². The molecular weight excluding hydrogens is 412 g/mol. The molecule has 2 bridgehead atoms. The molecule has 4 heteroatoms. The molecule has 1 saturated heterocycles. The summed E-state index contributed by atoms with van der Waals surface area (Å²) in [6.07, 6.45) is 16.5. The van der Waals surface area contributed by atoms with Gasteiger partial charge < -0.3 is 4.74 Å². The minimum absolute atomic E-state index is 0.0406. The zero-order valence-electron chi connectivity index (χ0n) is 21.8. The molecule has 33 heavy (non-hydrogen) atoms. The molecule has 4 fully saturated rings. The summed E-state index contributed by atoms with van der Waals surface area (Å²) < 4.78 is 5.63. The van der Waals surface area contributed by atoms with E-state index in [2.05, 4.69) is 46.8 Å². The maximum absolute atomic E-state index is 11.6. The highest BCUT2D eigenvalue weighted by atomic mass is 17.2. The summed E-state index contributed by atoms with van der Waals surface area (Å²) in [4.78, 5) is 24.6. The van der Waals surface area contributed by atoms with Crippen molar-refractivity contribution >= 4 is 5.97 Å². The maximum Gasteiger partial charge on any atom is 0.302 e. The minimum atomic E-state index is -0.465. The van der Waals surface area contributed by atoms with Gasteiger partial charge in [-0.25, -0.2) is 9.78 Å². The van der Waals surface area contributed by atoms with Gasteiger partial charge in [-0.15, -0.1) is 0 Å². The van der Waals surface area contributed by atoms with Gasteiger partial charge in [0.25, 0.3) is 0 Å². The van der Waals surface area contributed by atoms with Crippen LogP contribution in [-0.2, 0) is 19.3 Å². The number of esters is 1. The van der Waals surface area contributed by atoms with Crippen molar-refractivity contribution in [3.8, 4) is 0 Å². The van der Waals surface area contributed by atoms with E-state index in [1.54, 1.807) is 0 Å². The molecule has 0 aromatic heterocycles. The van der Waals surface area contributed by atoms with E-state index < -0.39 is 5.60 Å². The lowest BCUT2D eigenvalue weighted by Crippen LogP contribution is -2.73. The molecule has 2 aliphatic heterocycles. The Kier molecular flexibility index (Phi) is 5.84. The van der Waals surface area contributed by atoms with E-state index in [-0.39, 0.29) is 23.1 Å². The van der Waals surface area contributed by atoms with Gasteiger partial charge in [-0.2, -0.15) is 0 Å². The second kappa shape index (κ2) is 8.08. The van der Waals surface area contributed by atoms with Crippen molar-refractivity contribution in [2.45, 2.75) is 123 Å². The Labute approximate surface area is 201 Å². The maximum atomic E-state index is 11.6. The number of ether oxygens (including phenoxy) is 1. The highest BCUT2D eigenvalue weighted by Crippen LogP contribution is 2.73. The molecule has 186 valence electrons. The highest BCUT2D eigenvalue weighted by molar-refractivity contribution is 5.66. The summed E-state index contributed by atoms with van der Waals surface area (Å²) >= 11 is 0. The average Bonchev–Trinajstić information content (AvgIpc) is 3.11. The number of fused-ring (bicyclic) bond motifs is 2. The van der Waals surface area contributed by atoms with E-state index in [0.717, 1.165) is 30.6 Å². The molecule has 0 radical (unpaired) electrons. The first-order valence-electron chi connectivity index (χ1n) is 13.8. The van der Waals surface area contributed by atoms with E-state index >= 15 is 0 Å². The summed E-state index contributed by atoms with van der Waals surface area (Å²) in [6.45, 7) is 13.7. The van der Waals surface area contributed by atoms with Crippen LogP contribution in [0.2, 0.25) is 0 Å². The largest absolute Gasteiger partial charge is 0.462 e. The van der Waals surface area contributed by atoms with Crippen molar-refractivity contribution in [3.63, 3.8) is 0 Å². The number of hydrogen-bond donors (Lipinski definition) is 0. The van der Waals surface area contributed by atoms with Gasteiger partial charge in [-0.05, 0) is 67.8 Å². The van der Waals surface area contributed by atoms with Crippen molar-refractivity contribution in [1.29, 1.82) is 0 Å². The van der Waals surface area contributed by atoms with Crippen LogP contribution in [0, 0.1) is 40.4 Å². The van der Waals surface area contributed by atoms with Gasteiger partial charge >= 0.3 is 5.97 Å². The lowest BCUT2D eigenvalue weighted by Gasteiger charge is -2.69. The van der Waals surface area contributed by atoms with Gasteiger partial charge in [-0.1, -0.05) is 60.0 Å². The predicted octanol–water partition coefficient (Wildman–Crippen LogP) is 7.02. The third kappa shape index (κ3) is 3.40. The lowest BCUT2D eigenvalue weighted by molar-refractivity contribution is -0.497. The molecule has 0 unspecified atom stereocenters. The summed E-state index contributed by atoms with van der Waals surface area (Å²) in [7, 11) is 0. The lowest BCUT2D eigenvalue weighted by atomic mass is 9.42. The standard InChI is InChI=1S/C29H46O4/c1-19(2)8-7-9-20(3)23-10-11-24-26(23,5)14-13-25-27(6)15-12-22(31-21(4)30)18-28(27)16-17-29(24,25)33-32-28/h16-17,19-20,22-25H,7-15,18H2,1-6H3/t20-,22+,23-,24-,25-,26-,27-,28+,29+/m1/s1. The Bertz CT molecular complexity index is 805. The molecule has 0 aromatic carbocycles. The fraction of sp³-hybridized carbons (Fsp3) is 0.897. The van der Waals surface area contributed by atoms with E-state index in [0.29, 0.717) is 23.7 Å². The second-order valence-electron chi connectivity index (χ2n) is 13.3. The van der Waals surface area contributed by atoms with Crippen LogP contribution in [0.4, 0.5) is 0 Å². The van der Waals surface area contributed by atoms with Crippen LogP contribution in [0.5, 0.6) is 0 Å². The molecule has 6 aliphatic rings. The molecule has 2 spiro atoms. The number of carbonyl (C=O) groups is 1. The molecule has 0 amide bonds. The van der Waals surface area contributed by atoms with Gasteiger partial charge in [0.2, 0.25) is 0 Å². The van der Waals surface area contributed by atoms with Gasteiger partial charge in [-0.3, -0.25) is 4.79 Å². The average molecular weight is 459 g/mol. The first-order valence-corrected chi connectivity index (χ1v) is 13.8. The summed E-state index contributed by atoms with van der Waals surface area (Å²) in [5.41, 5.74) is -0.388. The van der Waals surface area contributed by atoms with Crippen LogP contribution in [0.15, 0.2) is 12.2 Å². The predicted molar refractivity (Wildman–Crippen MR) is 129 cm³/mol. The molecule has 0 N–H and O–H groups in total. The minimum Gasteiger partial charge on any atom is -0.462 e. The van der Waals surface area contributed by atoms with E-state index in [4.69, 9.17) is 14.5 Å². The first-order chi connectivity index (χ1) is 15.6. The van der Waals surface area contributed by atoms with E-state index in [1.165, 1.54) is 51.9 Å². The van der Waals surface area contributed by atoms with Crippen molar-refractivity contribution in [2.24, 2.45) is 40.4 Å². The Morgan fingerprint density at radius 1 is 1.00 bits per heavy atom. The molecule has 3 saturated carbocycles.